The number of nitrogens with zero attached hydrogens (tertiary/aromatic N) is 3. The van der Waals surface area contributed by atoms with Gasteiger partial charge in [0, 0.05) is 11.5 Å². The van der Waals surface area contributed by atoms with Crippen LogP contribution >= 0.6 is 0 Å². The van der Waals surface area contributed by atoms with Gasteiger partial charge >= 0.3 is 0 Å². The molecule has 0 atom stereocenters. The molecule has 0 N–H and O–H groups in total. The van der Waals surface area contributed by atoms with Crippen LogP contribution < -0.4 is 25.9 Å². The summed E-state index contributed by atoms with van der Waals surface area (Å²) in [5.74, 6) is 3.30. The summed E-state index contributed by atoms with van der Waals surface area (Å²) in [6, 6.07) is 52.3. The Bertz CT molecular complexity index is 3080. The van der Waals surface area contributed by atoms with E-state index in [1.807, 2.05) is 0 Å². The molecule has 0 spiro atoms. The molecule has 280 valence electrons. The van der Waals surface area contributed by atoms with E-state index in [0.29, 0.717) is 0 Å². The largest absolute Gasteiger partial charge is 0.458 e. The van der Waals surface area contributed by atoms with Gasteiger partial charge in [-0.1, -0.05) is 145 Å². The summed E-state index contributed by atoms with van der Waals surface area (Å²) in [5.41, 5.74) is 12.9. The third-order valence-corrected chi connectivity index (χ3v) is 12.1. The van der Waals surface area contributed by atoms with E-state index in [0.717, 1.165) is 67.2 Å². The minimum Gasteiger partial charge on any atom is -0.458 e. The van der Waals surface area contributed by atoms with Crippen molar-refractivity contribution >= 4 is 55.7 Å². The van der Waals surface area contributed by atoms with Crippen molar-refractivity contribution in [2.24, 2.45) is 0 Å². The second-order valence-corrected chi connectivity index (χ2v) is 17.9. The fourth-order valence-corrected chi connectivity index (χ4v) is 9.06. The highest BCUT2D eigenvalue weighted by atomic mass is 16.5. The van der Waals surface area contributed by atoms with Gasteiger partial charge in [-0.15, -0.1) is 10.2 Å². The Hall–Kier alpha value is -6.66. The maximum absolute atomic E-state index is 7.03. The Labute approximate surface area is 339 Å². The molecule has 0 saturated carbocycles. The lowest BCUT2D eigenvalue weighted by molar-refractivity contribution is 0.459. The van der Waals surface area contributed by atoms with E-state index in [4.69, 9.17) is 19.7 Å². The molecule has 0 fully saturated rings. The molecule has 0 aliphatic carbocycles. The first-order valence-electron chi connectivity index (χ1n) is 20.2. The fraction of sp³-hybridized carbons (Fsp3) is 0.154. The molecule has 6 heteroatoms. The van der Waals surface area contributed by atoms with E-state index < -0.39 is 0 Å². The number of rotatable bonds is 3. The van der Waals surface area contributed by atoms with Gasteiger partial charge in [-0.25, -0.2) is 0 Å². The summed E-state index contributed by atoms with van der Waals surface area (Å²) < 4.78 is 13.9. The van der Waals surface area contributed by atoms with Gasteiger partial charge in [-0.05, 0) is 113 Å². The molecule has 0 radical (unpaired) electrons. The lowest BCUT2D eigenvalue weighted by Crippen LogP contribution is -2.57. The van der Waals surface area contributed by atoms with Crippen LogP contribution in [-0.4, -0.2) is 21.7 Å². The van der Waals surface area contributed by atoms with Gasteiger partial charge in [0.25, 0.3) is 6.71 Å². The number of ether oxygens (including phenoxy) is 2. The molecular formula is C52H42BN3O2. The van der Waals surface area contributed by atoms with Gasteiger partial charge in [0.15, 0.2) is 0 Å². The highest BCUT2D eigenvalue weighted by Crippen LogP contribution is 2.45. The second-order valence-electron chi connectivity index (χ2n) is 17.9. The van der Waals surface area contributed by atoms with E-state index in [1.165, 1.54) is 43.8 Å². The molecule has 0 amide bonds. The van der Waals surface area contributed by atoms with E-state index >= 15 is 0 Å². The first kappa shape index (κ1) is 34.6. The minimum absolute atomic E-state index is 0.0627. The predicted molar refractivity (Wildman–Crippen MR) is 240 cm³/mol. The van der Waals surface area contributed by atoms with Crippen LogP contribution in [0.25, 0.3) is 60.5 Å². The minimum atomic E-state index is -0.121. The van der Waals surface area contributed by atoms with Crippen LogP contribution in [0.15, 0.2) is 146 Å². The lowest BCUT2D eigenvalue weighted by Gasteiger charge is -2.34. The SMILES string of the molecule is CC(C)(C)c1ccc(-n2nc3cc4c(cc3n2)B2c3ccc(-c5c6ccccc6c(-c6ccccc6)c6ccccc56)cc3Oc3cc(C(C)(C)C)cc(c32)O4)cc1. The van der Waals surface area contributed by atoms with Crippen LogP contribution in [0.4, 0.5) is 0 Å². The molecule has 0 bridgehead atoms. The Morgan fingerprint density at radius 1 is 0.448 bits per heavy atom. The summed E-state index contributed by atoms with van der Waals surface area (Å²) >= 11 is 0. The van der Waals surface area contributed by atoms with Gasteiger partial charge in [0.2, 0.25) is 0 Å². The van der Waals surface area contributed by atoms with Gasteiger partial charge < -0.3 is 9.47 Å². The van der Waals surface area contributed by atoms with Crippen LogP contribution in [0.1, 0.15) is 52.7 Å². The zero-order chi connectivity index (χ0) is 39.5. The van der Waals surface area contributed by atoms with E-state index in [-0.39, 0.29) is 17.5 Å². The van der Waals surface area contributed by atoms with Crippen molar-refractivity contribution in [3.05, 3.63) is 157 Å². The number of benzene rings is 8. The second kappa shape index (κ2) is 12.4. The normalized spacial score (nSPS) is 13.2. The quantitative estimate of drug-likeness (QED) is 0.133. The molecule has 8 aromatic carbocycles. The summed E-state index contributed by atoms with van der Waals surface area (Å²) in [4.78, 5) is 1.74. The molecule has 0 unspecified atom stereocenters. The average molecular weight is 752 g/mol. The Morgan fingerprint density at radius 3 is 1.53 bits per heavy atom. The van der Waals surface area contributed by atoms with Gasteiger partial charge in [0.1, 0.15) is 34.0 Å². The molecule has 5 nitrogen and oxygen atoms in total. The van der Waals surface area contributed by atoms with Crippen molar-refractivity contribution in [1.82, 2.24) is 15.0 Å². The van der Waals surface area contributed by atoms with Crippen molar-refractivity contribution < 1.29 is 9.47 Å². The smallest absolute Gasteiger partial charge is 0.260 e. The summed E-state index contributed by atoms with van der Waals surface area (Å²) in [6.45, 7) is 13.3. The topological polar surface area (TPSA) is 49.2 Å². The monoisotopic (exact) mass is 751 g/mol. The van der Waals surface area contributed by atoms with Crippen LogP contribution in [0.5, 0.6) is 23.0 Å². The van der Waals surface area contributed by atoms with E-state index in [1.54, 1.807) is 4.80 Å². The Morgan fingerprint density at radius 2 is 0.966 bits per heavy atom. The van der Waals surface area contributed by atoms with Crippen LogP contribution in [0.2, 0.25) is 0 Å². The molecule has 0 saturated heterocycles. The fourth-order valence-electron chi connectivity index (χ4n) is 9.06. The molecule has 11 rings (SSSR count). The van der Waals surface area contributed by atoms with Crippen molar-refractivity contribution in [2.45, 2.75) is 52.4 Å². The standard InChI is InChI=1S/C52H42BN3O2/c1-51(2,3)33-21-23-35(24-22-33)56-54-42-29-41-45(30-43(42)55-56)58-47-28-34(52(4,5)6)27-46-50(47)53(41)40-25-20-32(26-44(40)57-46)49-38-18-12-10-16-36(38)48(31-14-8-7-9-15-31)37-17-11-13-19-39(37)49/h7-30H,1-6H3. The van der Waals surface area contributed by atoms with Crippen LogP contribution in [0.3, 0.4) is 0 Å². The molecule has 2 aliphatic rings. The Kier molecular flexibility index (Phi) is 7.41. The zero-order valence-corrected chi connectivity index (χ0v) is 33.6. The van der Waals surface area contributed by atoms with Crippen LogP contribution in [-0.2, 0) is 10.8 Å². The number of fused-ring (bicyclic) bond motifs is 7. The summed E-state index contributed by atoms with van der Waals surface area (Å²) in [7, 11) is 0. The van der Waals surface area contributed by atoms with Crippen molar-refractivity contribution in [1.29, 1.82) is 0 Å². The van der Waals surface area contributed by atoms with Crippen molar-refractivity contribution in [3.63, 3.8) is 0 Å². The van der Waals surface area contributed by atoms with Gasteiger partial charge in [-0.3, -0.25) is 0 Å². The molecule has 9 aromatic rings. The maximum atomic E-state index is 7.03. The van der Waals surface area contributed by atoms with Gasteiger partial charge in [0.05, 0.1) is 5.69 Å². The lowest BCUT2D eigenvalue weighted by atomic mass is 9.34. The molecule has 58 heavy (non-hydrogen) atoms. The van der Waals surface area contributed by atoms with Crippen LogP contribution in [0, 0.1) is 0 Å². The van der Waals surface area contributed by atoms with E-state index in [9.17, 15) is 0 Å². The Balaban J connectivity index is 1.10. The first-order valence-corrected chi connectivity index (χ1v) is 20.2. The number of hydrogen-bond acceptors (Lipinski definition) is 4. The first-order chi connectivity index (χ1) is 28.0. The van der Waals surface area contributed by atoms with E-state index in [2.05, 4.69) is 187 Å². The van der Waals surface area contributed by atoms with Crippen molar-refractivity contribution in [3.8, 4) is 50.9 Å². The maximum Gasteiger partial charge on any atom is 0.260 e. The highest BCUT2D eigenvalue weighted by Gasteiger charge is 2.42. The van der Waals surface area contributed by atoms with Gasteiger partial charge in [-0.2, -0.15) is 4.80 Å². The molecule has 2 aliphatic heterocycles. The average Bonchev–Trinajstić information content (AvgIpc) is 3.64. The molecule has 3 heterocycles. The predicted octanol–water partition coefficient (Wildman–Crippen LogP) is 11.4. The third kappa shape index (κ3) is 5.39. The van der Waals surface area contributed by atoms with Crippen molar-refractivity contribution in [2.75, 3.05) is 0 Å². The number of hydrogen-bond donors (Lipinski definition) is 0. The molecule has 1 aromatic heterocycles. The summed E-state index contributed by atoms with van der Waals surface area (Å²) in [6.07, 6.45) is 0. The third-order valence-electron chi connectivity index (χ3n) is 12.1. The summed E-state index contributed by atoms with van der Waals surface area (Å²) in [5, 5.41) is 14.8. The zero-order valence-electron chi connectivity index (χ0n) is 33.6. The number of aromatic nitrogens is 3. The highest BCUT2D eigenvalue weighted by molar-refractivity contribution is 6.98. The molecular weight excluding hydrogens is 709 g/mol.